The van der Waals surface area contributed by atoms with Crippen molar-refractivity contribution in [2.24, 2.45) is 0 Å². The third-order valence-electron chi connectivity index (χ3n) is 0. The summed E-state index contributed by atoms with van der Waals surface area (Å²) in [5.74, 6) is 0. The zero-order valence-electron chi connectivity index (χ0n) is 5.41. The van der Waals surface area contributed by atoms with Gasteiger partial charge in [0.25, 0.3) is 0 Å². The average molecular weight is 86.2 g/mol. The summed E-state index contributed by atoms with van der Waals surface area (Å²) in [7, 11) is 0. The summed E-state index contributed by atoms with van der Waals surface area (Å²) in [5, 5.41) is 0. The molecule has 0 saturated carbocycles. The molecule has 4 heavy (non-hydrogen) atoms. The molecule has 24 valence electrons. The molecule has 0 bridgehead atoms. The van der Waals surface area contributed by atoms with E-state index in [1.165, 1.54) is 6.42 Å². The van der Waals surface area contributed by atoms with Crippen LogP contribution in [0, 0.1) is 0 Å². The molecular weight excluding hydrogens is 76.1 g/mol. The monoisotopic (exact) mass is 86.0 g/mol. The molecule has 0 fully saturated rings. The molecule has 0 saturated heterocycles. The molecule has 1 heteroatoms. The minimum atomic E-state index is 0. The molecule has 0 atom stereocenters. The Labute approximate surface area is 60.6 Å². The molecule has 0 spiro atoms. The summed E-state index contributed by atoms with van der Waals surface area (Å²) in [4.78, 5) is 0. The summed E-state index contributed by atoms with van der Waals surface area (Å²) in [6.07, 6.45) is 1.25. The van der Waals surface area contributed by atoms with E-state index in [9.17, 15) is 0 Å². The quantitative estimate of drug-likeness (QED) is 0.389. The van der Waals surface area contributed by atoms with Gasteiger partial charge in [-0.3, -0.25) is 0 Å². The maximum absolute atomic E-state index is 2.12. The first-order valence-corrected chi connectivity index (χ1v) is 1.41. The van der Waals surface area contributed by atoms with E-state index in [-0.39, 0.29) is 40.6 Å². The van der Waals surface area contributed by atoms with Gasteiger partial charge in [0, 0.05) is 0 Å². The molecule has 0 rings (SSSR count). The van der Waals surface area contributed by atoms with Crippen molar-refractivity contribution in [2.75, 3.05) is 0 Å². The normalized spacial score (nSPS) is 4.50. The third kappa shape index (κ3) is 10.5. The fourth-order valence-electron chi connectivity index (χ4n) is 0. The Morgan fingerprint density at radius 2 is 1.50 bits per heavy atom. The van der Waals surface area contributed by atoms with Crippen LogP contribution in [0.1, 0.15) is 23.1 Å². The molecule has 0 heterocycles. The largest absolute Gasteiger partial charge is 2.00 e. The van der Waals surface area contributed by atoms with Gasteiger partial charge >= 0.3 is 37.7 Å². The first-order valence-electron chi connectivity index (χ1n) is 1.41. The standard InChI is InChI=1S/C3H8.Ca.2H/c1-3-2;;;/h3H2,1-2H3;;;/q;+2;2*-1. The SMILES string of the molecule is CCC.[Ca+2].[H-].[H-]. The van der Waals surface area contributed by atoms with Crippen LogP contribution in [0.2, 0.25) is 0 Å². The Morgan fingerprint density at radius 1 is 1.50 bits per heavy atom. The van der Waals surface area contributed by atoms with Crippen LogP contribution in [0.25, 0.3) is 0 Å². The van der Waals surface area contributed by atoms with Gasteiger partial charge in [-0.2, -0.15) is 0 Å². The second kappa shape index (κ2) is 8.86. The summed E-state index contributed by atoms with van der Waals surface area (Å²) in [6, 6.07) is 0. The van der Waals surface area contributed by atoms with Crippen molar-refractivity contribution in [3.8, 4) is 0 Å². The van der Waals surface area contributed by atoms with Gasteiger partial charge in [0.05, 0.1) is 0 Å². The van der Waals surface area contributed by atoms with Crippen molar-refractivity contribution in [3.05, 3.63) is 0 Å². The molecule has 0 nitrogen and oxygen atoms in total. The molecule has 0 N–H and O–H groups in total. The second-order valence-electron chi connectivity index (χ2n) is 0.707. The van der Waals surface area contributed by atoms with Crippen LogP contribution in [0.3, 0.4) is 0 Å². The van der Waals surface area contributed by atoms with E-state index in [1.54, 1.807) is 0 Å². The van der Waals surface area contributed by atoms with Gasteiger partial charge in [0.1, 0.15) is 0 Å². The van der Waals surface area contributed by atoms with Gasteiger partial charge in [0.15, 0.2) is 0 Å². The van der Waals surface area contributed by atoms with Crippen LogP contribution in [-0.2, 0) is 0 Å². The van der Waals surface area contributed by atoms with Crippen molar-refractivity contribution >= 4 is 37.7 Å². The number of rotatable bonds is 0. The van der Waals surface area contributed by atoms with E-state index in [4.69, 9.17) is 0 Å². The van der Waals surface area contributed by atoms with Crippen LogP contribution < -0.4 is 0 Å². The molecule has 0 aliphatic rings. The van der Waals surface area contributed by atoms with Crippen LogP contribution in [-0.4, -0.2) is 37.7 Å². The van der Waals surface area contributed by atoms with Gasteiger partial charge in [0.2, 0.25) is 0 Å². The van der Waals surface area contributed by atoms with E-state index in [1.807, 2.05) is 0 Å². The smallest absolute Gasteiger partial charge is 1.00 e. The zero-order valence-corrected chi connectivity index (χ0v) is 5.62. The van der Waals surface area contributed by atoms with E-state index >= 15 is 0 Å². The minimum absolute atomic E-state index is 0. The van der Waals surface area contributed by atoms with Crippen LogP contribution in [0.5, 0.6) is 0 Å². The van der Waals surface area contributed by atoms with Gasteiger partial charge < -0.3 is 2.85 Å². The first kappa shape index (κ1) is 8.98. The molecule has 0 amide bonds. The van der Waals surface area contributed by atoms with Crippen LogP contribution >= 0.6 is 0 Å². The van der Waals surface area contributed by atoms with E-state index in [0.29, 0.717) is 0 Å². The van der Waals surface area contributed by atoms with Crippen molar-refractivity contribution in [2.45, 2.75) is 20.3 Å². The molecule has 0 aromatic carbocycles. The molecule has 0 radical (unpaired) electrons. The summed E-state index contributed by atoms with van der Waals surface area (Å²) in [5.41, 5.74) is 0. The Kier molecular flexibility index (Phi) is 19.9. The molecule has 0 aliphatic carbocycles. The minimum Gasteiger partial charge on any atom is -1.00 e. The van der Waals surface area contributed by atoms with Gasteiger partial charge in [-0.25, -0.2) is 0 Å². The second-order valence-corrected chi connectivity index (χ2v) is 0.707. The Morgan fingerprint density at radius 3 is 1.50 bits per heavy atom. The predicted molar refractivity (Wildman–Crippen MR) is 23.9 cm³/mol. The van der Waals surface area contributed by atoms with Crippen molar-refractivity contribution in [3.63, 3.8) is 0 Å². The Hall–Kier alpha value is 1.26. The van der Waals surface area contributed by atoms with Crippen molar-refractivity contribution in [1.29, 1.82) is 0 Å². The topological polar surface area (TPSA) is 0 Å². The molecule has 0 aliphatic heterocycles. The molecule has 0 aromatic rings. The maximum Gasteiger partial charge on any atom is 2.00 e. The van der Waals surface area contributed by atoms with Crippen molar-refractivity contribution in [1.82, 2.24) is 0 Å². The average Bonchev–Trinajstić information content (AvgIpc) is 0.918. The van der Waals surface area contributed by atoms with Gasteiger partial charge in [-0.1, -0.05) is 20.3 Å². The molecular formula is C3H10Ca. The fourth-order valence-corrected chi connectivity index (χ4v) is 0. The van der Waals surface area contributed by atoms with Gasteiger partial charge in [-0.05, 0) is 0 Å². The Balaban J connectivity index is -0.00000000667. The van der Waals surface area contributed by atoms with Crippen LogP contribution in [0.15, 0.2) is 0 Å². The van der Waals surface area contributed by atoms with Crippen molar-refractivity contribution < 1.29 is 2.85 Å². The third-order valence-corrected chi connectivity index (χ3v) is 0. The van der Waals surface area contributed by atoms with Gasteiger partial charge in [-0.15, -0.1) is 0 Å². The maximum atomic E-state index is 2.12. The summed E-state index contributed by atoms with van der Waals surface area (Å²) in [6.45, 7) is 4.25. The number of hydrogen-bond acceptors (Lipinski definition) is 0. The Bertz CT molecular complexity index is 8.75. The summed E-state index contributed by atoms with van der Waals surface area (Å²) >= 11 is 0. The zero-order chi connectivity index (χ0) is 2.71. The van der Waals surface area contributed by atoms with E-state index in [2.05, 4.69) is 13.8 Å². The summed E-state index contributed by atoms with van der Waals surface area (Å²) < 4.78 is 0. The van der Waals surface area contributed by atoms with E-state index < -0.39 is 0 Å². The van der Waals surface area contributed by atoms with Crippen LogP contribution in [0.4, 0.5) is 0 Å². The number of hydrogen-bond donors (Lipinski definition) is 0. The fraction of sp³-hybridized carbons (Fsp3) is 1.00. The predicted octanol–water partition coefficient (Wildman–Crippen LogP) is 1.26. The molecule has 0 unspecified atom stereocenters. The molecule has 0 aromatic heterocycles. The van der Waals surface area contributed by atoms with E-state index in [0.717, 1.165) is 0 Å². The first-order chi connectivity index (χ1) is 1.41.